The van der Waals surface area contributed by atoms with E-state index < -0.39 is 10.0 Å². The van der Waals surface area contributed by atoms with Gasteiger partial charge in [0.2, 0.25) is 10.0 Å². The van der Waals surface area contributed by atoms with Crippen LogP contribution in [0.3, 0.4) is 0 Å². The third-order valence-corrected chi connectivity index (χ3v) is 6.16. The van der Waals surface area contributed by atoms with Crippen molar-refractivity contribution < 1.29 is 17.9 Å². The highest BCUT2D eigenvalue weighted by molar-refractivity contribution is 7.89. The second-order valence-corrected chi connectivity index (χ2v) is 8.82. The van der Waals surface area contributed by atoms with Crippen molar-refractivity contribution in [3.05, 3.63) is 96.1 Å². The standard InChI is InChI=1S/C25H26N2O4S/c1-31-18-8-17-26-32(29,30)23-15-13-22(14-16-23)27-25(28)24(21-11-6-3-7-12-21)19-20-9-4-2-5-10-20/h2-7,9-16,19,26H,8,17-18H2,1H3,(H,27,28)/b24-19-. The van der Waals surface area contributed by atoms with E-state index in [1.165, 1.54) is 12.1 Å². The molecule has 0 radical (unpaired) electrons. The zero-order chi connectivity index (χ0) is 22.8. The van der Waals surface area contributed by atoms with Crippen molar-refractivity contribution in [2.75, 3.05) is 25.6 Å². The first-order valence-corrected chi connectivity index (χ1v) is 11.7. The molecule has 3 rings (SSSR count). The highest BCUT2D eigenvalue weighted by Crippen LogP contribution is 2.21. The lowest BCUT2D eigenvalue weighted by Crippen LogP contribution is -2.25. The van der Waals surface area contributed by atoms with Crippen LogP contribution in [0.15, 0.2) is 89.8 Å². The fraction of sp³-hybridized carbons (Fsp3) is 0.160. The van der Waals surface area contributed by atoms with Crippen LogP contribution in [0.2, 0.25) is 0 Å². The van der Waals surface area contributed by atoms with Crippen LogP contribution >= 0.6 is 0 Å². The molecule has 1 amide bonds. The minimum absolute atomic E-state index is 0.135. The lowest BCUT2D eigenvalue weighted by Gasteiger charge is -2.11. The van der Waals surface area contributed by atoms with E-state index in [1.807, 2.05) is 66.7 Å². The highest BCUT2D eigenvalue weighted by atomic mass is 32.2. The predicted octanol–water partition coefficient (Wildman–Crippen LogP) is 4.18. The van der Waals surface area contributed by atoms with Crippen molar-refractivity contribution in [1.82, 2.24) is 4.72 Å². The van der Waals surface area contributed by atoms with Gasteiger partial charge < -0.3 is 10.1 Å². The molecule has 0 heterocycles. The van der Waals surface area contributed by atoms with E-state index in [9.17, 15) is 13.2 Å². The molecule has 0 bridgehead atoms. The van der Waals surface area contributed by atoms with E-state index in [4.69, 9.17) is 4.74 Å². The molecule has 0 spiro atoms. The average Bonchev–Trinajstić information content (AvgIpc) is 2.82. The van der Waals surface area contributed by atoms with Crippen LogP contribution in [-0.4, -0.2) is 34.6 Å². The summed E-state index contributed by atoms with van der Waals surface area (Å²) in [5.41, 5.74) is 2.70. The number of rotatable bonds is 10. The number of hydrogen-bond acceptors (Lipinski definition) is 4. The predicted molar refractivity (Wildman–Crippen MR) is 128 cm³/mol. The van der Waals surface area contributed by atoms with Crippen LogP contribution < -0.4 is 10.0 Å². The summed E-state index contributed by atoms with van der Waals surface area (Å²) >= 11 is 0. The number of benzene rings is 3. The Labute approximate surface area is 189 Å². The Morgan fingerprint density at radius 2 is 1.53 bits per heavy atom. The van der Waals surface area contributed by atoms with Gasteiger partial charge in [0.1, 0.15) is 0 Å². The molecule has 0 atom stereocenters. The van der Waals surface area contributed by atoms with Crippen molar-refractivity contribution in [1.29, 1.82) is 0 Å². The quantitative estimate of drug-likeness (QED) is 0.276. The van der Waals surface area contributed by atoms with Crippen molar-refractivity contribution >= 4 is 33.3 Å². The van der Waals surface area contributed by atoms with Crippen LogP contribution in [0.4, 0.5) is 5.69 Å². The summed E-state index contributed by atoms with van der Waals surface area (Å²) in [6, 6.07) is 25.1. The minimum Gasteiger partial charge on any atom is -0.385 e. The Kier molecular flexibility index (Phi) is 8.33. The summed E-state index contributed by atoms with van der Waals surface area (Å²) in [5, 5.41) is 2.86. The number of methoxy groups -OCH3 is 1. The van der Waals surface area contributed by atoms with Crippen molar-refractivity contribution in [3.8, 4) is 0 Å². The molecule has 0 saturated carbocycles. The van der Waals surface area contributed by atoms with E-state index in [0.717, 1.165) is 11.1 Å². The monoisotopic (exact) mass is 450 g/mol. The molecule has 6 nitrogen and oxygen atoms in total. The molecular formula is C25H26N2O4S. The molecule has 0 aliphatic heterocycles. The third-order valence-electron chi connectivity index (χ3n) is 4.68. The van der Waals surface area contributed by atoms with Crippen LogP contribution in [0, 0.1) is 0 Å². The van der Waals surface area contributed by atoms with Crippen LogP contribution in [0.25, 0.3) is 11.6 Å². The van der Waals surface area contributed by atoms with E-state index in [0.29, 0.717) is 30.8 Å². The Morgan fingerprint density at radius 1 is 0.906 bits per heavy atom. The Balaban J connectivity index is 1.76. The number of carbonyl (C=O) groups is 1. The van der Waals surface area contributed by atoms with Gasteiger partial charge in [-0.25, -0.2) is 13.1 Å². The van der Waals surface area contributed by atoms with E-state index in [-0.39, 0.29) is 10.8 Å². The first kappa shape index (κ1) is 23.4. The van der Waals surface area contributed by atoms with Gasteiger partial charge in [-0.2, -0.15) is 0 Å². The fourth-order valence-corrected chi connectivity index (χ4v) is 4.11. The molecule has 7 heteroatoms. The topological polar surface area (TPSA) is 84.5 Å². The van der Waals surface area contributed by atoms with Crippen molar-refractivity contribution in [2.45, 2.75) is 11.3 Å². The summed E-state index contributed by atoms with van der Waals surface area (Å²) < 4.78 is 32.2. The summed E-state index contributed by atoms with van der Waals surface area (Å²) in [5.74, 6) is -0.284. The maximum Gasteiger partial charge on any atom is 0.256 e. The van der Waals surface area contributed by atoms with Gasteiger partial charge in [0, 0.05) is 31.5 Å². The highest BCUT2D eigenvalue weighted by Gasteiger charge is 2.15. The molecule has 0 aromatic heterocycles. The number of ether oxygens (including phenoxy) is 1. The van der Waals surface area contributed by atoms with Gasteiger partial charge in [-0.3, -0.25) is 4.79 Å². The van der Waals surface area contributed by atoms with Gasteiger partial charge in [-0.05, 0) is 47.9 Å². The zero-order valence-corrected chi connectivity index (χ0v) is 18.6. The average molecular weight is 451 g/mol. The molecule has 3 aromatic rings. The first-order chi connectivity index (χ1) is 15.5. The van der Waals surface area contributed by atoms with Gasteiger partial charge in [0.05, 0.1) is 4.90 Å². The Morgan fingerprint density at radius 3 is 2.16 bits per heavy atom. The lowest BCUT2D eigenvalue weighted by molar-refractivity contribution is -0.111. The number of nitrogens with one attached hydrogen (secondary N) is 2. The normalized spacial score (nSPS) is 11.8. The van der Waals surface area contributed by atoms with Crippen LogP contribution in [0.5, 0.6) is 0 Å². The maximum atomic E-state index is 13.1. The molecule has 0 aliphatic carbocycles. The molecule has 0 fully saturated rings. The van der Waals surface area contributed by atoms with E-state index in [2.05, 4.69) is 10.0 Å². The minimum atomic E-state index is -3.62. The van der Waals surface area contributed by atoms with E-state index in [1.54, 1.807) is 19.2 Å². The summed E-state index contributed by atoms with van der Waals surface area (Å²) in [7, 11) is -2.05. The molecule has 0 unspecified atom stereocenters. The molecular weight excluding hydrogens is 424 g/mol. The third kappa shape index (κ3) is 6.62. The summed E-state index contributed by atoms with van der Waals surface area (Å²) in [4.78, 5) is 13.2. The second-order valence-electron chi connectivity index (χ2n) is 7.06. The number of hydrogen-bond donors (Lipinski definition) is 2. The van der Waals surface area contributed by atoms with Gasteiger partial charge in [0.25, 0.3) is 5.91 Å². The van der Waals surface area contributed by atoms with Crippen LogP contribution in [0.1, 0.15) is 17.5 Å². The number of carbonyl (C=O) groups excluding carboxylic acids is 1. The molecule has 3 aromatic carbocycles. The Hall–Kier alpha value is -3.26. The maximum absolute atomic E-state index is 13.1. The molecule has 32 heavy (non-hydrogen) atoms. The molecule has 0 saturated heterocycles. The van der Waals surface area contributed by atoms with Crippen molar-refractivity contribution in [3.63, 3.8) is 0 Å². The lowest BCUT2D eigenvalue weighted by atomic mass is 10.0. The van der Waals surface area contributed by atoms with Crippen LogP contribution in [-0.2, 0) is 19.6 Å². The fourth-order valence-electron chi connectivity index (χ4n) is 3.04. The van der Waals surface area contributed by atoms with Gasteiger partial charge >= 0.3 is 0 Å². The van der Waals surface area contributed by atoms with Crippen molar-refractivity contribution in [2.24, 2.45) is 0 Å². The number of anilines is 1. The SMILES string of the molecule is COCCCNS(=O)(=O)c1ccc(NC(=O)/C(=C\c2ccccc2)c2ccccc2)cc1. The van der Waals surface area contributed by atoms with Gasteiger partial charge in [-0.1, -0.05) is 60.7 Å². The van der Waals surface area contributed by atoms with Gasteiger partial charge in [-0.15, -0.1) is 0 Å². The summed E-state index contributed by atoms with van der Waals surface area (Å²) in [6.07, 6.45) is 2.41. The van der Waals surface area contributed by atoms with Gasteiger partial charge in [0.15, 0.2) is 0 Å². The molecule has 166 valence electrons. The second kappa shape index (κ2) is 11.4. The molecule has 0 aliphatic rings. The number of amides is 1. The molecule has 2 N–H and O–H groups in total. The van der Waals surface area contributed by atoms with E-state index >= 15 is 0 Å². The Bertz CT molecular complexity index is 1140. The summed E-state index contributed by atoms with van der Waals surface area (Å²) in [6.45, 7) is 0.771. The smallest absolute Gasteiger partial charge is 0.256 e. The first-order valence-electron chi connectivity index (χ1n) is 10.2. The largest absolute Gasteiger partial charge is 0.385 e. The number of sulfonamides is 1. The zero-order valence-electron chi connectivity index (χ0n) is 17.8.